The van der Waals surface area contributed by atoms with E-state index < -0.39 is 0 Å². The van der Waals surface area contributed by atoms with Gasteiger partial charge in [-0.15, -0.1) is 0 Å². The van der Waals surface area contributed by atoms with Gasteiger partial charge in [-0.05, 0) is 55.5 Å². The van der Waals surface area contributed by atoms with Crippen molar-refractivity contribution in [3.05, 3.63) is 47.5 Å². The van der Waals surface area contributed by atoms with Gasteiger partial charge in [0.05, 0.1) is 0 Å². The molecule has 2 unspecified atom stereocenters. The molecule has 1 aromatic rings. The fourth-order valence-electron chi connectivity index (χ4n) is 4.12. The van der Waals surface area contributed by atoms with E-state index in [1.807, 2.05) is 24.3 Å². The first-order valence-corrected chi connectivity index (χ1v) is 7.37. The van der Waals surface area contributed by atoms with Gasteiger partial charge in [-0.3, -0.25) is 9.69 Å². The van der Waals surface area contributed by atoms with Crippen molar-refractivity contribution in [1.29, 1.82) is 0 Å². The number of ketones is 1. The maximum atomic E-state index is 12.4. The predicted octanol–water partition coefficient (Wildman–Crippen LogP) is 2.76. The van der Waals surface area contributed by atoms with Crippen LogP contribution in [0.15, 0.2) is 42.0 Å². The van der Waals surface area contributed by atoms with Crippen LogP contribution >= 0.6 is 0 Å². The molecule has 2 bridgehead atoms. The standard InChI is InChI=1S/C17H19NO/c19-17-11-14-13-6-8-18(9-7-13)16(14)10-15(17)12-4-2-1-3-5-12/h1-5,11,13,15-16H,6-10H2. The van der Waals surface area contributed by atoms with Crippen molar-refractivity contribution in [3.8, 4) is 0 Å². The Morgan fingerprint density at radius 3 is 2.53 bits per heavy atom. The van der Waals surface area contributed by atoms with Gasteiger partial charge in [0.15, 0.2) is 5.78 Å². The van der Waals surface area contributed by atoms with E-state index in [0.717, 1.165) is 6.42 Å². The Balaban J connectivity index is 1.70. The van der Waals surface area contributed by atoms with Gasteiger partial charge >= 0.3 is 0 Å². The van der Waals surface area contributed by atoms with Crippen LogP contribution in [0.2, 0.25) is 0 Å². The molecule has 1 aromatic carbocycles. The summed E-state index contributed by atoms with van der Waals surface area (Å²) in [5.74, 6) is 1.09. The van der Waals surface area contributed by atoms with E-state index in [1.54, 1.807) is 0 Å². The lowest BCUT2D eigenvalue weighted by Crippen LogP contribution is -2.52. The molecule has 3 saturated heterocycles. The highest BCUT2D eigenvalue weighted by Gasteiger charge is 2.42. The fraction of sp³-hybridized carbons (Fsp3) is 0.471. The second kappa shape index (κ2) is 4.31. The molecule has 3 fully saturated rings. The number of piperidine rings is 3. The summed E-state index contributed by atoms with van der Waals surface area (Å²) in [4.78, 5) is 15.0. The molecule has 98 valence electrons. The summed E-state index contributed by atoms with van der Waals surface area (Å²) in [6, 6.07) is 10.8. The van der Waals surface area contributed by atoms with Crippen molar-refractivity contribution < 1.29 is 4.79 Å². The molecule has 2 nitrogen and oxygen atoms in total. The van der Waals surface area contributed by atoms with Crippen LogP contribution in [0.1, 0.15) is 30.7 Å². The molecule has 0 aromatic heterocycles. The number of nitrogens with zero attached hydrogens (tertiary/aromatic N) is 1. The Bertz CT molecular complexity index is 525. The number of benzene rings is 1. The van der Waals surface area contributed by atoms with Crippen molar-refractivity contribution in [2.45, 2.75) is 31.2 Å². The molecule has 0 N–H and O–H groups in total. The van der Waals surface area contributed by atoms with Crippen LogP contribution < -0.4 is 0 Å². The number of carbonyl (C=O) groups excluding carboxylic acids is 1. The number of carbonyl (C=O) groups is 1. The number of hydrogen-bond donors (Lipinski definition) is 0. The molecule has 0 amide bonds. The molecule has 5 rings (SSSR count). The predicted molar refractivity (Wildman–Crippen MR) is 75.0 cm³/mol. The highest BCUT2D eigenvalue weighted by atomic mass is 16.1. The minimum atomic E-state index is 0.0781. The summed E-state index contributed by atoms with van der Waals surface area (Å²) in [5.41, 5.74) is 2.63. The van der Waals surface area contributed by atoms with Crippen LogP contribution in [0, 0.1) is 5.92 Å². The van der Waals surface area contributed by atoms with E-state index in [1.165, 1.54) is 37.1 Å². The molecular formula is C17H19NO. The van der Waals surface area contributed by atoms with Gasteiger partial charge in [-0.1, -0.05) is 30.3 Å². The average Bonchev–Trinajstić information content (AvgIpc) is 2.48. The van der Waals surface area contributed by atoms with E-state index in [0.29, 0.717) is 17.7 Å². The third-order valence-corrected chi connectivity index (χ3v) is 5.14. The minimum Gasteiger partial charge on any atom is -0.297 e. The topological polar surface area (TPSA) is 20.3 Å². The highest BCUT2D eigenvalue weighted by Crippen LogP contribution is 2.43. The Morgan fingerprint density at radius 2 is 1.79 bits per heavy atom. The lowest BCUT2D eigenvalue weighted by atomic mass is 9.70. The molecule has 4 aliphatic rings. The zero-order chi connectivity index (χ0) is 12.8. The van der Waals surface area contributed by atoms with Gasteiger partial charge in [0.1, 0.15) is 0 Å². The second-order valence-corrected chi connectivity index (χ2v) is 6.07. The molecule has 2 heteroatoms. The SMILES string of the molecule is O=C1C=C2C3CCN(CC3)C2CC1c1ccccc1. The van der Waals surface area contributed by atoms with Crippen molar-refractivity contribution in [2.75, 3.05) is 13.1 Å². The highest BCUT2D eigenvalue weighted by molar-refractivity contribution is 5.97. The van der Waals surface area contributed by atoms with Crippen LogP contribution in [-0.4, -0.2) is 29.8 Å². The van der Waals surface area contributed by atoms with Gasteiger partial charge < -0.3 is 0 Å². The van der Waals surface area contributed by atoms with E-state index in [-0.39, 0.29) is 5.92 Å². The molecule has 3 aliphatic heterocycles. The third kappa shape index (κ3) is 1.78. The fourth-order valence-corrected chi connectivity index (χ4v) is 4.12. The molecule has 0 radical (unpaired) electrons. The van der Waals surface area contributed by atoms with Gasteiger partial charge in [0.25, 0.3) is 0 Å². The van der Waals surface area contributed by atoms with Crippen LogP contribution in [0.3, 0.4) is 0 Å². The summed E-state index contributed by atoms with van der Waals surface area (Å²) >= 11 is 0. The van der Waals surface area contributed by atoms with E-state index >= 15 is 0 Å². The molecular weight excluding hydrogens is 234 g/mol. The second-order valence-electron chi connectivity index (χ2n) is 6.07. The first-order valence-electron chi connectivity index (χ1n) is 7.37. The molecule has 2 atom stereocenters. The van der Waals surface area contributed by atoms with Gasteiger partial charge in [-0.2, -0.15) is 0 Å². The number of hydrogen-bond acceptors (Lipinski definition) is 2. The first-order chi connectivity index (χ1) is 9.33. The summed E-state index contributed by atoms with van der Waals surface area (Å²) < 4.78 is 0. The summed E-state index contributed by atoms with van der Waals surface area (Å²) in [7, 11) is 0. The monoisotopic (exact) mass is 253 g/mol. The lowest BCUT2D eigenvalue weighted by Gasteiger charge is -2.50. The Kier molecular flexibility index (Phi) is 2.59. The van der Waals surface area contributed by atoms with Gasteiger partial charge in [-0.25, -0.2) is 0 Å². The lowest BCUT2D eigenvalue weighted by molar-refractivity contribution is -0.117. The normalized spacial score (nSPS) is 36.8. The minimum absolute atomic E-state index is 0.0781. The molecule has 0 spiro atoms. The maximum absolute atomic E-state index is 12.4. The first kappa shape index (κ1) is 11.4. The summed E-state index contributed by atoms with van der Waals surface area (Å²) in [5, 5.41) is 0. The Labute approximate surface area is 114 Å². The Morgan fingerprint density at radius 1 is 1.05 bits per heavy atom. The van der Waals surface area contributed by atoms with Gasteiger partial charge in [0.2, 0.25) is 0 Å². The molecule has 3 heterocycles. The average molecular weight is 253 g/mol. The van der Waals surface area contributed by atoms with Crippen molar-refractivity contribution in [3.63, 3.8) is 0 Å². The van der Waals surface area contributed by atoms with Crippen LogP contribution in [-0.2, 0) is 4.79 Å². The zero-order valence-corrected chi connectivity index (χ0v) is 11.1. The van der Waals surface area contributed by atoms with E-state index in [4.69, 9.17) is 0 Å². The number of rotatable bonds is 1. The summed E-state index contributed by atoms with van der Waals surface area (Å²) in [6.07, 6.45) is 5.49. The zero-order valence-electron chi connectivity index (χ0n) is 11.1. The maximum Gasteiger partial charge on any atom is 0.163 e. The van der Waals surface area contributed by atoms with Crippen LogP contribution in [0.4, 0.5) is 0 Å². The Hall–Kier alpha value is -1.41. The molecule has 1 aliphatic carbocycles. The van der Waals surface area contributed by atoms with Crippen LogP contribution in [0.25, 0.3) is 0 Å². The van der Waals surface area contributed by atoms with Gasteiger partial charge in [0, 0.05) is 12.0 Å². The van der Waals surface area contributed by atoms with E-state index in [2.05, 4.69) is 17.0 Å². The van der Waals surface area contributed by atoms with Crippen molar-refractivity contribution in [2.24, 2.45) is 5.92 Å². The summed E-state index contributed by atoms with van der Waals surface area (Å²) in [6.45, 7) is 2.45. The van der Waals surface area contributed by atoms with Crippen LogP contribution in [0.5, 0.6) is 0 Å². The largest absolute Gasteiger partial charge is 0.297 e. The molecule has 19 heavy (non-hydrogen) atoms. The smallest absolute Gasteiger partial charge is 0.163 e. The van der Waals surface area contributed by atoms with Crippen molar-refractivity contribution >= 4 is 5.78 Å². The number of fused-ring (bicyclic) bond motifs is 2. The third-order valence-electron chi connectivity index (χ3n) is 5.14. The van der Waals surface area contributed by atoms with E-state index in [9.17, 15) is 4.79 Å². The number of allylic oxidation sites excluding steroid dienone is 1. The van der Waals surface area contributed by atoms with Crippen molar-refractivity contribution in [1.82, 2.24) is 4.90 Å². The molecule has 0 saturated carbocycles. The quantitative estimate of drug-likeness (QED) is 0.767.